The zero-order valence-corrected chi connectivity index (χ0v) is 14.6. The first kappa shape index (κ1) is 18.6. The third kappa shape index (κ3) is 5.06. The van der Waals surface area contributed by atoms with E-state index < -0.39 is 0 Å². The Labute approximate surface area is 141 Å². The predicted molar refractivity (Wildman–Crippen MR) is 105 cm³/mol. The topological polar surface area (TPSA) is 37.8 Å². The molecule has 2 rings (SSSR count). The Morgan fingerprint density at radius 1 is 1.30 bits per heavy atom. The van der Waals surface area contributed by atoms with Crippen LogP contribution in [-0.4, -0.2) is 16.0 Å². The van der Waals surface area contributed by atoms with Crippen LogP contribution in [0.2, 0.25) is 0 Å². The fourth-order valence-corrected chi connectivity index (χ4v) is 2.11. The number of nitrogens with zero attached hydrogens (tertiary/aromatic N) is 2. The predicted octanol–water partition coefficient (Wildman–Crippen LogP) is 3.85. The van der Waals surface area contributed by atoms with Gasteiger partial charge in [0.2, 0.25) is 0 Å². The molecule has 1 aliphatic rings. The van der Waals surface area contributed by atoms with Crippen molar-refractivity contribution in [2.45, 2.75) is 40.2 Å². The minimum Gasteiger partial charge on any atom is -0.367 e. The summed E-state index contributed by atoms with van der Waals surface area (Å²) in [4.78, 5) is 9.32. The van der Waals surface area contributed by atoms with Gasteiger partial charge < -0.3 is 5.32 Å². The van der Waals surface area contributed by atoms with Gasteiger partial charge in [0, 0.05) is 18.3 Å². The third-order valence-corrected chi connectivity index (χ3v) is 3.02. The lowest BCUT2D eigenvalue weighted by molar-refractivity contribution is 0.878. The van der Waals surface area contributed by atoms with Gasteiger partial charge in [0.05, 0.1) is 5.35 Å². The van der Waals surface area contributed by atoms with Crippen molar-refractivity contribution in [1.29, 1.82) is 0 Å². The normalized spacial score (nSPS) is 12.8. The van der Waals surface area contributed by atoms with Crippen LogP contribution >= 0.6 is 0 Å². The standard InChI is InChI=1S/C18H21N3.C2H6.H2/c1-5-10-14(6-2)17-20-16-12-9-7-8-11-15(16)18(21-17)19-13(3)4;1-2;/h5-7,9-13H,1-2,8H2,3-4H3,(H,19,20,21);1-2H3;1H/b14-10+;;. The Balaban J connectivity index is 0.00000170. The minimum absolute atomic E-state index is 0. The summed E-state index contributed by atoms with van der Waals surface area (Å²) in [6.07, 6.45) is 14.5. The summed E-state index contributed by atoms with van der Waals surface area (Å²) in [5.74, 6) is 1.52. The summed E-state index contributed by atoms with van der Waals surface area (Å²) in [5, 5.41) is 5.38. The van der Waals surface area contributed by atoms with Gasteiger partial charge in [-0.1, -0.05) is 63.5 Å². The van der Waals surface area contributed by atoms with E-state index >= 15 is 0 Å². The van der Waals surface area contributed by atoms with Crippen molar-refractivity contribution in [3.8, 4) is 0 Å². The van der Waals surface area contributed by atoms with E-state index in [1.165, 1.54) is 0 Å². The van der Waals surface area contributed by atoms with Crippen molar-refractivity contribution < 1.29 is 1.43 Å². The molecular formula is C20H29N3. The first-order valence-electron chi connectivity index (χ1n) is 8.13. The molecule has 1 aliphatic carbocycles. The average molecular weight is 311 g/mol. The Hall–Kier alpha value is -2.42. The lowest BCUT2D eigenvalue weighted by Gasteiger charge is -2.12. The number of hydrogen-bond acceptors (Lipinski definition) is 3. The Morgan fingerprint density at radius 2 is 2.04 bits per heavy atom. The molecule has 1 aromatic heterocycles. The molecule has 1 N–H and O–H groups in total. The molecule has 3 nitrogen and oxygen atoms in total. The van der Waals surface area contributed by atoms with E-state index in [-0.39, 0.29) is 1.43 Å². The number of anilines is 1. The van der Waals surface area contributed by atoms with E-state index in [1.807, 2.05) is 32.1 Å². The van der Waals surface area contributed by atoms with Crippen LogP contribution in [-0.2, 0) is 0 Å². The minimum atomic E-state index is 0. The Kier molecular flexibility index (Phi) is 7.75. The van der Waals surface area contributed by atoms with E-state index in [9.17, 15) is 0 Å². The molecular weight excluding hydrogens is 282 g/mol. The number of allylic oxidation sites excluding steroid dienone is 6. The monoisotopic (exact) mass is 311 g/mol. The number of fused-ring (bicyclic) bond motifs is 1. The van der Waals surface area contributed by atoms with Crippen molar-refractivity contribution in [2.75, 3.05) is 5.32 Å². The van der Waals surface area contributed by atoms with E-state index in [4.69, 9.17) is 0 Å². The maximum atomic E-state index is 4.67. The van der Waals surface area contributed by atoms with Crippen LogP contribution in [0, 0.1) is 0 Å². The molecule has 124 valence electrons. The van der Waals surface area contributed by atoms with Gasteiger partial charge in [-0.3, -0.25) is 0 Å². The third-order valence-electron chi connectivity index (χ3n) is 3.02. The summed E-state index contributed by atoms with van der Waals surface area (Å²) in [7, 11) is 0. The van der Waals surface area contributed by atoms with E-state index in [2.05, 4.69) is 54.4 Å². The molecule has 3 heteroatoms. The number of rotatable bonds is 5. The number of hydrogen-bond donors (Lipinski definition) is 1. The molecule has 0 saturated heterocycles. The van der Waals surface area contributed by atoms with Gasteiger partial charge in [-0.25, -0.2) is 9.97 Å². The Morgan fingerprint density at radius 3 is 2.65 bits per heavy atom. The molecule has 23 heavy (non-hydrogen) atoms. The van der Waals surface area contributed by atoms with Crippen molar-refractivity contribution in [3.05, 3.63) is 59.9 Å². The molecule has 0 bridgehead atoms. The van der Waals surface area contributed by atoms with Gasteiger partial charge in [0.15, 0.2) is 5.82 Å². The van der Waals surface area contributed by atoms with Gasteiger partial charge in [-0.05, 0) is 26.3 Å². The van der Waals surface area contributed by atoms with Crippen LogP contribution in [0.5, 0.6) is 0 Å². The molecule has 0 saturated carbocycles. The van der Waals surface area contributed by atoms with Gasteiger partial charge in [0.25, 0.3) is 0 Å². The number of aromatic nitrogens is 2. The second kappa shape index (κ2) is 9.57. The second-order valence-corrected chi connectivity index (χ2v) is 5.09. The molecule has 0 spiro atoms. The van der Waals surface area contributed by atoms with Crippen LogP contribution in [0.4, 0.5) is 5.82 Å². The molecule has 0 atom stereocenters. The smallest absolute Gasteiger partial charge is 0.162 e. The molecule has 0 unspecified atom stereocenters. The fraction of sp³-hybridized carbons (Fsp3) is 0.300. The maximum Gasteiger partial charge on any atom is 0.162 e. The first-order valence-corrected chi connectivity index (χ1v) is 8.13. The van der Waals surface area contributed by atoms with E-state index in [0.29, 0.717) is 11.9 Å². The highest BCUT2D eigenvalue weighted by molar-refractivity contribution is 5.71. The van der Waals surface area contributed by atoms with Crippen LogP contribution in [0.3, 0.4) is 0 Å². The summed E-state index contributed by atoms with van der Waals surface area (Å²) in [6.45, 7) is 15.8. The zero-order valence-electron chi connectivity index (χ0n) is 14.6. The van der Waals surface area contributed by atoms with E-state index in [0.717, 1.165) is 28.4 Å². The highest BCUT2D eigenvalue weighted by Gasteiger charge is 2.08. The molecule has 1 heterocycles. The van der Waals surface area contributed by atoms with Crippen LogP contribution in [0.15, 0.2) is 43.5 Å². The maximum absolute atomic E-state index is 4.67. The van der Waals surface area contributed by atoms with Crippen molar-refractivity contribution in [3.63, 3.8) is 0 Å². The highest BCUT2D eigenvalue weighted by Crippen LogP contribution is 2.10. The van der Waals surface area contributed by atoms with Crippen molar-refractivity contribution in [1.82, 2.24) is 9.97 Å². The highest BCUT2D eigenvalue weighted by atomic mass is 15.0. The average Bonchev–Trinajstić information content (AvgIpc) is 2.79. The lowest BCUT2D eigenvalue weighted by atomic mass is 10.2. The van der Waals surface area contributed by atoms with Crippen molar-refractivity contribution >= 4 is 23.5 Å². The summed E-state index contributed by atoms with van der Waals surface area (Å²) in [5.41, 5.74) is 0.862. The SMILES string of the molecule is C=C/C=C(\C=C)c1nc(NC(C)C)c2c(n1)=CC=CCC=2.CC.[HH]. The van der Waals surface area contributed by atoms with Crippen LogP contribution in [0.25, 0.3) is 17.7 Å². The van der Waals surface area contributed by atoms with Crippen molar-refractivity contribution in [2.24, 2.45) is 0 Å². The van der Waals surface area contributed by atoms with Crippen LogP contribution in [0.1, 0.15) is 41.4 Å². The zero-order chi connectivity index (χ0) is 17.2. The largest absolute Gasteiger partial charge is 0.367 e. The lowest BCUT2D eigenvalue weighted by Crippen LogP contribution is -2.34. The van der Waals surface area contributed by atoms with Crippen LogP contribution < -0.4 is 15.9 Å². The Bertz CT molecular complexity index is 728. The molecule has 0 radical (unpaired) electrons. The second-order valence-electron chi connectivity index (χ2n) is 5.09. The van der Waals surface area contributed by atoms with Gasteiger partial charge in [-0.2, -0.15) is 0 Å². The molecule has 0 fully saturated rings. The van der Waals surface area contributed by atoms with E-state index in [1.54, 1.807) is 12.2 Å². The summed E-state index contributed by atoms with van der Waals surface area (Å²) in [6, 6.07) is 0.303. The summed E-state index contributed by atoms with van der Waals surface area (Å²) < 4.78 is 0. The first-order chi connectivity index (χ1) is 11.2. The molecule has 0 amide bonds. The molecule has 1 aromatic rings. The van der Waals surface area contributed by atoms with Gasteiger partial charge >= 0.3 is 0 Å². The van der Waals surface area contributed by atoms with Gasteiger partial charge in [0.1, 0.15) is 5.82 Å². The van der Waals surface area contributed by atoms with Gasteiger partial charge in [-0.15, -0.1) is 0 Å². The quantitative estimate of drug-likeness (QED) is 0.839. The summed E-state index contributed by atoms with van der Waals surface area (Å²) >= 11 is 0. The molecule has 0 aromatic carbocycles. The fourth-order valence-electron chi connectivity index (χ4n) is 2.11. The number of nitrogens with one attached hydrogen (secondary N) is 1. The molecule has 0 aliphatic heterocycles.